The van der Waals surface area contributed by atoms with Crippen molar-refractivity contribution >= 4 is 0 Å². The van der Waals surface area contributed by atoms with Gasteiger partial charge in [-0.25, -0.2) is 0 Å². The molecule has 0 aliphatic carbocycles. The topological polar surface area (TPSA) is 23.5 Å². The SMILES string of the molecule is CCc1ccc(O)cc1C1CCN(C)CC1. The van der Waals surface area contributed by atoms with Crippen LogP contribution in [0.2, 0.25) is 0 Å². The maximum absolute atomic E-state index is 9.61. The fourth-order valence-corrected chi connectivity index (χ4v) is 2.60. The lowest BCUT2D eigenvalue weighted by Gasteiger charge is -2.30. The van der Waals surface area contributed by atoms with Gasteiger partial charge in [-0.15, -0.1) is 0 Å². The van der Waals surface area contributed by atoms with Gasteiger partial charge in [0.2, 0.25) is 0 Å². The fraction of sp³-hybridized carbons (Fsp3) is 0.571. The van der Waals surface area contributed by atoms with Crippen LogP contribution in [0.1, 0.15) is 36.8 Å². The van der Waals surface area contributed by atoms with E-state index in [0.717, 1.165) is 6.42 Å². The molecule has 1 N–H and O–H groups in total. The highest BCUT2D eigenvalue weighted by Gasteiger charge is 2.20. The first-order chi connectivity index (χ1) is 7.70. The van der Waals surface area contributed by atoms with Crippen molar-refractivity contribution in [1.82, 2.24) is 4.90 Å². The quantitative estimate of drug-likeness (QED) is 0.826. The van der Waals surface area contributed by atoms with Crippen LogP contribution < -0.4 is 0 Å². The maximum atomic E-state index is 9.61. The third-order valence-electron chi connectivity index (χ3n) is 3.67. The molecule has 1 aliphatic heterocycles. The summed E-state index contributed by atoms with van der Waals surface area (Å²) in [5.74, 6) is 1.05. The first-order valence-corrected chi connectivity index (χ1v) is 6.21. The minimum Gasteiger partial charge on any atom is -0.508 e. The van der Waals surface area contributed by atoms with Gasteiger partial charge in [0, 0.05) is 0 Å². The molecule has 1 heterocycles. The summed E-state index contributed by atoms with van der Waals surface area (Å²) in [5.41, 5.74) is 2.77. The summed E-state index contributed by atoms with van der Waals surface area (Å²) in [5, 5.41) is 9.61. The highest BCUT2D eigenvalue weighted by molar-refractivity contribution is 5.37. The third kappa shape index (κ3) is 2.38. The van der Waals surface area contributed by atoms with E-state index < -0.39 is 0 Å². The van der Waals surface area contributed by atoms with E-state index in [2.05, 4.69) is 24.9 Å². The van der Waals surface area contributed by atoms with E-state index in [0.29, 0.717) is 11.7 Å². The molecule has 0 bridgehead atoms. The average molecular weight is 219 g/mol. The molecule has 1 aliphatic rings. The lowest BCUT2D eigenvalue weighted by atomic mass is 9.86. The van der Waals surface area contributed by atoms with Crippen molar-refractivity contribution in [3.05, 3.63) is 29.3 Å². The Morgan fingerprint density at radius 3 is 2.62 bits per heavy atom. The molecule has 2 nitrogen and oxygen atoms in total. The lowest BCUT2D eigenvalue weighted by Crippen LogP contribution is -2.29. The van der Waals surface area contributed by atoms with Gasteiger partial charge in [-0.05, 0) is 68.6 Å². The third-order valence-corrected chi connectivity index (χ3v) is 3.67. The molecule has 0 aromatic heterocycles. The Hall–Kier alpha value is -1.02. The molecule has 0 amide bonds. The van der Waals surface area contributed by atoms with Crippen LogP contribution >= 0.6 is 0 Å². The summed E-state index contributed by atoms with van der Waals surface area (Å²) in [6.07, 6.45) is 3.49. The Kier molecular flexibility index (Phi) is 3.49. The van der Waals surface area contributed by atoms with Crippen molar-refractivity contribution in [2.45, 2.75) is 32.1 Å². The Morgan fingerprint density at radius 1 is 1.31 bits per heavy atom. The van der Waals surface area contributed by atoms with Crippen LogP contribution in [0.15, 0.2) is 18.2 Å². The van der Waals surface area contributed by atoms with Gasteiger partial charge in [0.1, 0.15) is 5.75 Å². The van der Waals surface area contributed by atoms with E-state index in [1.807, 2.05) is 6.07 Å². The largest absolute Gasteiger partial charge is 0.508 e. The minimum atomic E-state index is 0.408. The van der Waals surface area contributed by atoms with Gasteiger partial charge >= 0.3 is 0 Å². The number of nitrogens with zero attached hydrogens (tertiary/aromatic N) is 1. The number of aryl methyl sites for hydroxylation is 1. The molecule has 1 saturated heterocycles. The molecule has 1 aromatic carbocycles. The second-order valence-electron chi connectivity index (χ2n) is 4.81. The summed E-state index contributed by atoms with van der Waals surface area (Å²) < 4.78 is 0. The van der Waals surface area contributed by atoms with Crippen LogP contribution in [0, 0.1) is 0 Å². The Balaban J connectivity index is 2.21. The van der Waals surface area contributed by atoms with Crippen molar-refractivity contribution in [2.24, 2.45) is 0 Å². The van der Waals surface area contributed by atoms with E-state index in [1.165, 1.54) is 37.1 Å². The van der Waals surface area contributed by atoms with Crippen LogP contribution in [0.4, 0.5) is 0 Å². The summed E-state index contributed by atoms with van der Waals surface area (Å²) in [4.78, 5) is 2.38. The van der Waals surface area contributed by atoms with Gasteiger partial charge in [0.25, 0.3) is 0 Å². The molecular weight excluding hydrogens is 198 g/mol. The number of likely N-dealkylation sites (tertiary alicyclic amines) is 1. The van der Waals surface area contributed by atoms with Crippen molar-refractivity contribution in [3.8, 4) is 5.75 Å². The maximum Gasteiger partial charge on any atom is 0.115 e. The second kappa shape index (κ2) is 4.88. The molecule has 2 heteroatoms. The molecule has 0 spiro atoms. The van der Waals surface area contributed by atoms with E-state index in [4.69, 9.17) is 0 Å². The monoisotopic (exact) mass is 219 g/mol. The summed E-state index contributed by atoms with van der Waals surface area (Å²) in [6.45, 7) is 4.53. The van der Waals surface area contributed by atoms with Gasteiger partial charge < -0.3 is 10.0 Å². The number of phenols is 1. The fourth-order valence-electron chi connectivity index (χ4n) is 2.60. The molecule has 1 aromatic rings. The Bertz CT molecular complexity index is 354. The highest BCUT2D eigenvalue weighted by Crippen LogP contribution is 2.32. The van der Waals surface area contributed by atoms with Gasteiger partial charge in [-0.2, -0.15) is 0 Å². The lowest BCUT2D eigenvalue weighted by molar-refractivity contribution is 0.254. The summed E-state index contributed by atoms with van der Waals surface area (Å²) in [7, 11) is 2.18. The number of aromatic hydroxyl groups is 1. The average Bonchev–Trinajstić information content (AvgIpc) is 2.30. The summed E-state index contributed by atoms with van der Waals surface area (Å²) >= 11 is 0. The molecule has 2 rings (SSSR count). The standard InChI is InChI=1S/C14H21NO/c1-3-11-4-5-13(16)10-14(11)12-6-8-15(2)9-7-12/h4-5,10,12,16H,3,6-9H2,1-2H3. The zero-order valence-corrected chi connectivity index (χ0v) is 10.2. The highest BCUT2D eigenvalue weighted by atomic mass is 16.3. The van der Waals surface area contributed by atoms with Crippen LogP contribution in [0.5, 0.6) is 5.75 Å². The first kappa shape index (κ1) is 11.5. The van der Waals surface area contributed by atoms with Gasteiger partial charge in [0.05, 0.1) is 0 Å². The molecule has 0 saturated carbocycles. The van der Waals surface area contributed by atoms with Crippen molar-refractivity contribution in [2.75, 3.05) is 20.1 Å². The molecule has 0 atom stereocenters. The van der Waals surface area contributed by atoms with Crippen molar-refractivity contribution < 1.29 is 5.11 Å². The Labute approximate surface area is 97.9 Å². The number of benzene rings is 1. The van der Waals surface area contributed by atoms with Crippen LogP contribution in [-0.4, -0.2) is 30.1 Å². The van der Waals surface area contributed by atoms with Crippen LogP contribution in [0.25, 0.3) is 0 Å². The predicted octanol–water partition coefficient (Wildman–Crippen LogP) is 2.76. The van der Waals surface area contributed by atoms with Crippen molar-refractivity contribution in [1.29, 1.82) is 0 Å². The second-order valence-corrected chi connectivity index (χ2v) is 4.81. The van der Waals surface area contributed by atoms with E-state index in [1.54, 1.807) is 6.07 Å². The van der Waals surface area contributed by atoms with Gasteiger partial charge in [-0.3, -0.25) is 0 Å². The molecule has 16 heavy (non-hydrogen) atoms. The normalized spacial score (nSPS) is 18.9. The Morgan fingerprint density at radius 2 is 2.00 bits per heavy atom. The van der Waals surface area contributed by atoms with E-state index in [9.17, 15) is 5.11 Å². The first-order valence-electron chi connectivity index (χ1n) is 6.21. The zero-order valence-electron chi connectivity index (χ0n) is 10.2. The molecule has 0 radical (unpaired) electrons. The van der Waals surface area contributed by atoms with Crippen molar-refractivity contribution in [3.63, 3.8) is 0 Å². The van der Waals surface area contributed by atoms with Crippen LogP contribution in [0.3, 0.4) is 0 Å². The van der Waals surface area contributed by atoms with Gasteiger partial charge in [0.15, 0.2) is 0 Å². The van der Waals surface area contributed by atoms with E-state index >= 15 is 0 Å². The van der Waals surface area contributed by atoms with E-state index in [-0.39, 0.29) is 0 Å². The molecule has 1 fully saturated rings. The number of hydrogen-bond acceptors (Lipinski definition) is 2. The smallest absolute Gasteiger partial charge is 0.115 e. The van der Waals surface area contributed by atoms with Gasteiger partial charge in [-0.1, -0.05) is 13.0 Å². The summed E-state index contributed by atoms with van der Waals surface area (Å²) in [6, 6.07) is 5.84. The molecular formula is C14H21NO. The zero-order chi connectivity index (χ0) is 11.5. The molecule has 88 valence electrons. The number of phenolic OH excluding ortho intramolecular Hbond substituents is 1. The minimum absolute atomic E-state index is 0.408. The number of rotatable bonds is 2. The number of piperidine rings is 1. The number of hydrogen-bond donors (Lipinski definition) is 1. The molecule has 0 unspecified atom stereocenters. The predicted molar refractivity (Wildman–Crippen MR) is 67.0 cm³/mol. The van der Waals surface area contributed by atoms with Crippen LogP contribution in [-0.2, 0) is 6.42 Å².